The molecule has 5 nitrogen and oxygen atoms in total. The number of hydrogen-bond donors (Lipinski definition) is 2. The number of halogens is 1. The smallest absolute Gasteiger partial charge is 0.254 e. The molecule has 0 saturated carbocycles. The topological polar surface area (TPSA) is 66.9 Å². The molecule has 2 rings (SSSR count). The molecule has 2 N–H and O–H groups in total. The van der Waals surface area contributed by atoms with Gasteiger partial charge >= 0.3 is 0 Å². The average Bonchev–Trinajstić information content (AvgIpc) is 2.52. The van der Waals surface area contributed by atoms with Gasteiger partial charge in [-0.15, -0.1) is 0 Å². The van der Waals surface area contributed by atoms with Crippen LogP contribution in [0.25, 0.3) is 0 Å². The van der Waals surface area contributed by atoms with Crippen LogP contribution in [0.2, 0.25) is 5.02 Å². The van der Waals surface area contributed by atoms with Gasteiger partial charge in [0.1, 0.15) is 0 Å². The molecule has 0 unspecified atom stereocenters. The Labute approximate surface area is 128 Å². The maximum Gasteiger partial charge on any atom is 0.254 e. The van der Waals surface area contributed by atoms with E-state index >= 15 is 0 Å². The van der Waals surface area contributed by atoms with Gasteiger partial charge in [-0.2, -0.15) is 0 Å². The lowest BCUT2D eigenvalue weighted by molar-refractivity contribution is 0.0950. The van der Waals surface area contributed by atoms with E-state index in [9.17, 15) is 4.79 Å². The lowest BCUT2D eigenvalue weighted by Gasteiger charge is -2.07. The van der Waals surface area contributed by atoms with Gasteiger partial charge in [0.05, 0.1) is 5.56 Å². The molecule has 6 heteroatoms. The fourth-order valence-electron chi connectivity index (χ4n) is 1.69. The summed E-state index contributed by atoms with van der Waals surface area (Å²) in [4.78, 5) is 20.2. The van der Waals surface area contributed by atoms with Gasteiger partial charge in [0.15, 0.2) is 0 Å². The summed E-state index contributed by atoms with van der Waals surface area (Å²) in [6.45, 7) is 3.23. The van der Waals surface area contributed by atoms with Crippen LogP contribution in [0.5, 0.6) is 0 Å². The molecular formula is C15H17ClN4O. The molecule has 0 aliphatic rings. The molecule has 0 radical (unpaired) electrons. The second-order valence-electron chi connectivity index (χ2n) is 4.50. The van der Waals surface area contributed by atoms with Crippen LogP contribution in [0.15, 0.2) is 36.7 Å². The number of aromatic nitrogens is 2. The van der Waals surface area contributed by atoms with Gasteiger partial charge in [0.25, 0.3) is 5.91 Å². The summed E-state index contributed by atoms with van der Waals surface area (Å²) in [5, 5.41) is 6.48. The van der Waals surface area contributed by atoms with Gasteiger partial charge in [-0.1, -0.05) is 36.7 Å². The van der Waals surface area contributed by atoms with Crippen molar-refractivity contribution in [2.45, 2.75) is 19.9 Å². The fraction of sp³-hybridized carbons (Fsp3) is 0.267. The van der Waals surface area contributed by atoms with Crippen LogP contribution < -0.4 is 10.6 Å². The van der Waals surface area contributed by atoms with Crippen LogP contribution in [0.4, 0.5) is 5.95 Å². The number of amides is 1. The first-order valence-electron chi connectivity index (χ1n) is 6.78. The Morgan fingerprint density at radius 1 is 1.24 bits per heavy atom. The molecule has 0 saturated heterocycles. The highest BCUT2D eigenvalue weighted by molar-refractivity contribution is 6.31. The van der Waals surface area contributed by atoms with Crippen LogP contribution in [0, 0.1) is 0 Å². The number of benzene rings is 1. The molecule has 110 valence electrons. The second-order valence-corrected chi connectivity index (χ2v) is 4.90. The lowest BCUT2D eigenvalue weighted by atomic mass is 10.2. The largest absolute Gasteiger partial charge is 0.354 e. The van der Waals surface area contributed by atoms with Crippen LogP contribution in [0.3, 0.4) is 0 Å². The number of anilines is 1. The predicted molar refractivity (Wildman–Crippen MR) is 83.4 cm³/mol. The van der Waals surface area contributed by atoms with Gasteiger partial charge < -0.3 is 10.6 Å². The van der Waals surface area contributed by atoms with E-state index in [-0.39, 0.29) is 5.91 Å². The zero-order valence-corrected chi connectivity index (χ0v) is 12.5. The normalized spacial score (nSPS) is 10.2. The molecule has 0 aliphatic heterocycles. The van der Waals surface area contributed by atoms with E-state index in [4.69, 9.17) is 11.6 Å². The highest BCUT2D eigenvalue weighted by atomic mass is 35.5. The SMILES string of the molecule is CCCNc1ncc(C(=O)NCc2ccccc2Cl)cn1. The summed E-state index contributed by atoms with van der Waals surface area (Å²) in [7, 11) is 0. The van der Waals surface area contributed by atoms with Gasteiger partial charge in [-0.25, -0.2) is 9.97 Å². The van der Waals surface area contributed by atoms with E-state index < -0.39 is 0 Å². The molecule has 1 aromatic heterocycles. The van der Waals surface area contributed by atoms with E-state index in [1.807, 2.05) is 18.2 Å². The molecule has 21 heavy (non-hydrogen) atoms. The molecule has 0 spiro atoms. The Bertz CT molecular complexity index is 601. The second kappa shape index (κ2) is 7.59. The minimum absolute atomic E-state index is 0.225. The molecule has 0 aliphatic carbocycles. The summed E-state index contributed by atoms with van der Waals surface area (Å²) in [5.74, 6) is 0.302. The molecule has 1 aromatic carbocycles. The quantitative estimate of drug-likeness (QED) is 0.861. The number of hydrogen-bond acceptors (Lipinski definition) is 4. The fourth-order valence-corrected chi connectivity index (χ4v) is 1.90. The van der Waals surface area contributed by atoms with Crippen molar-refractivity contribution in [1.29, 1.82) is 0 Å². The summed E-state index contributed by atoms with van der Waals surface area (Å²) in [6, 6.07) is 7.39. The van der Waals surface area contributed by atoms with Crippen molar-refractivity contribution >= 4 is 23.5 Å². The first-order chi connectivity index (χ1) is 10.2. The highest BCUT2D eigenvalue weighted by Gasteiger charge is 2.08. The maximum absolute atomic E-state index is 12.0. The van der Waals surface area contributed by atoms with Gasteiger partial charge in [-0.05, 0) is 18.1 Å². The number of nitrogens with one attached hydrogen (secondary N) is 2. The van der Waals surface area contributed by atoms with Gasteiger partial charge in [0, 0.05) is 30.5 Å². The van der Waals surface area contributed by atoms with Crippen molar-refractivity contribution in [2.24, 2.45) is 0 Å². The predicted octanol–water partition coefficient (Wildman–Crippen LogP) is 2.88. The van der Waals surface area contributed by atoms with Crippen molar-refractivity contribution in [2.75, 3.05) is 11.9 Å². The molecule has 1 heterocycles. The molecule has 0 fully saturated rings. The van der Waals surface area contributed by atoms with Crippen molar-refractivity contribution in [3.8, 4) is 0 Å². The molecule has 1 amide bonds. The highest BCUT2D eigenvalue weighted by Crippen LogP contribution is 2.14. The standard InChI is InChI=1S/C15H17ClN4O/c1-2-7-17-15-19-9-12(10-20-15)14(21)18-8-11-5-3-4-6-13(11)16/h3-6,9-10H,2,7-8H2,1H3,(H,18,21)(H,17,19,20). The lowest BCUT2D eigenvalue weighted by Crippen LogP contribution is -2.23. The third-order valence-electron chi connectivity index (χ3n) is 2.84. The number of nitrogens with zero attached hydrogens (tertiary/aromatic N) is 2. The summed E-state index contributed by atoms with van der Waals surface area (Å²) >= 11 is 6.04. The maximum atomic E-state index is 12.0. The molecule has 2 aromatic rings. The van der Waals surface area contributed by atoms with E-state index in [0.29, 0.717) is 23.1 Å². The Hall–Kier alpha value is -2.14. The van der Waals surface area contributed by atoms with E-state index in [0.717, 1.165) is 18.5 Å². The van der Waals surface area contributed by atoms with E-state index in [1.54, 1.807) is 6.07 Å². The summed E-state index contributed by atoms with van der Waals surface area (Å²) in [6.07, 6.45) is 4.00. The van der Waals surface area contributed by atoms with Gasteiger partial charge in [0.2, 0.25) is 5.95 Å². The number of carbonyl (C=O) groups is 1. The van der Waals surface area contributed by atoms with Crippen molar-refractivity contribution in [3.05, 3.63) is 52.8 Å². The van der Waals surface area contributed by atoms with E-state index in [2.05, 4.69) is 27.5 Å². The zero-order chi connectivity index (χ0) is 15.1. The first-order valence-corrected chi connectivity index (χ1v) is 7.16. The van der Waals surface area contributed by atoms with Crippen molar-refractivity contribution < 1.29 is 4.79 Å². The van der Waals surface area contributed by atoms with Crippen molar-refractivity contribution in [1.82, 2.24) is 15.3 Å². The molecule has 0 atom stereocenters. The Balaban J connectivity index is 1.93. The van der Waals surface area contributed by atoms with Crippen molar-refractivity contribution in [3.63, 3.8) is 0 Å². The van der Waals surface area contributed by atoms with E-state index in [1.165, 1.54) is 12.4 Å². The Morgan fingerprint density at radius 2 is 1.95 bits per heavy atom. The first kappa shape index (κ1) is 15.3. The molecule has 0 bridgehead atoms. The van der Waals surface area contributed by atoms with Crippen LogP contribution in [0.1, 0.15) is 29.3 Å². The van der Waals surface area contributed by atoms with Gasteiger partial charge in [-0.3, -0.25) is 4.79 Å². The van der Waals surface area contributed by atoms with Crippen LogP contribution in [-0.2, 0) is 6.54 Å². The number of rotatable bonds is 6. The third kappa shape index (κ3) is 4.43. The monoisotopic (exact) mass is 304 g/mol. The average molecular weight is 305 g/mol. The minimum Gasteiger partial charge on any atom is -0.354 e. The third-order valence-corrected chi connectivity index (χ3v) is 3.21. The Kier molecular flexibility index (Phi) is 5.51. The summed E-state index contributed by atoms with van der Waals surface area (Å²) < 4.78 is 0. The van der Waals surface area contributed by atoms with Crippen LogP contribution >= 0.6 is 11.6 Å². The summed E-state index contributed by atoms with van der Waals surface area (Å²) in [5.41, 5.74) is 1.29. The number of carbonyl (C=O) groups excluding carboxylic acids is 1. The van der Waals surface area contributed by atoms with Crippen LogP contribution in [-0.4, -0.2) is 22.4 Å². The zero-order valence-electron chi connectivity index (χ0n) is 11.8. The minimum atomic E-state index is -0.225. The Morgan fingerprint density at radius 3 is 2.62 bits per heavy atom. The molecular weight excluding hydrogens is 288 g/mol.